The quantitative estimate of drug-likeness (QED) is 0.0579. The van der Waals surface area contributed by atoms with Crippen molar-refractivity contribution in [1.29, 1.82) is 15.8 Å². The van der Waals surface area contributed by atoms with Gasteiger partial charge < -0.3 is 0 Å². The average molecular weight is 836 g/mol. The Hall–Kier alpha value is -1.46. The molecule has 0 aliphatic rings. The minimum Gasteiger partial charge on any atom is -0.274 e. The minimum atomic E-state index is -2.55. The summed E-state index contributed by atoms with van der Waals surface area (Å²) in [5.74, 6) is -4.07. The van der Waals surface area contributed by atoms with Gasteiger partial charge in [0.2, 0.25) is 17.5 Å². The summed E-state index contributed by atoms with van der Waals surface area (Å²) in [4.78, 5) is 13.6. The lowest BCUT2D eigenvalue weighted by molar-refractivity contribution is -0.287. The normalized spacial score (nSPS) is 14.1. The molecule has 0 rings (SSSR count). The van der Waals surface area contributed by atoms with Crippen molar-refractivity contribution in [3.63, 3.8) is 0 Å². The van der Waals surface area contributed by atoms with Gasteiger partial charge in [-0.1, -0.05) is 0 Å². The first-order chi connectivity index (χ1) is 26.6. The zero-order valence-corrected chi connectivity index (χ0v) is 42.6. The van der Waals surface area contributed by atoms with Gasteiger partial charge in [-0.3, -0.25) is 43.0 Å². The van der Waals surface area contributed by atoms with E-state index in [1.807, 2.05) is 0 Å². The molecular weight excluding hydrogens is 746 g/mol. The van der Waals surface area contributed by atoms with Gasteiger partial charge in [-0.25, -0.2) is 0 Å². The lowest BCUT2D eigenvalue weighted by atomic mass is 10.1. The van der Waals surface area contributed by atoms with E-state index in [0.29, 0.717) is 0 Å². The molecule has 0 aromatic rings. The molecule has 0 aliphatic carbocycles. The third kappa shape index (κ3) is 13.0. The average Bonchev–Trinajstić information content (AvgIpc) is 2.98. The summed E-state index contributed by atoms with van der Waals surface area (Å²) in [6.45, 7) is 51.2. The smallest absolute Gasteiger partial charge is 0.274 e. The van der Waals surface area contributed by atoms with Crippen LogP contribution in [0.15, 0.2) is 0 Å². The summed E-state index contributed by atoms with van der Waals surface area (Å²) in [6.07, 6.45) is -0.0593. The molecule has 0 bridgehead atoms. The van der Waals surface area contributed by atoms with E-state index in [4.69, 9.17) is 13.6 Å². The maximum atomic E-state index is 10.9. The van der Waals surface area contributed by atoms with Crippen molar-refractivity contribution in [3.8, 4) is 18.2 Å². The Labute approximate surface area is 360 Å². The Balaban J connectivity index is 9.54. The molecule has 338 valence electrons. The summed E-state index contributed by atoms with van der Waals surface area (Å²) in [5, 5.41) is 32.8. The summed E-state index contributed by atoms with van der Waals surface area (Å²) < 4.78 is 23.4. The van der Waals surface area contributed by atoms with Crippen molar-refractivity contribution < 1.29 is 13.6 Å². The molecule has 0 amide bonds. The van der Waals surface area contributed by atoms with Crippen molar-refractivity contribution in [1.82, 2.24) is 29.4 Å². The van der Waals surface area contributed by atoms with E-state index in [0.717, 1.165) is 0 Å². The number of nitrogens with zero attached hydrogens (tertiary/aromatic N) is 9. The van der Waals surface area contributed by atoms with Gasteiger partial charge in [-0.05, 0) is 166 Å². The van der Waals surface area contributed by atoms with E-state index in [9.17, 15) is 15.8 Å². The number of hydrogen-bond acceptors (Lipinski definition) is 12. The fourth-order valence-electron chi connectivity index (χ4n) is 10.5. The maximum absolute atomic E-state index is 10.9. The number of hydrogen-bond donors (Lipinski definition) is 0. The van der Waals surface area contributed by atoms with E-state index in [1.54, 1.807) is 0 Å². The third-order valence-electron chi connectivity index (χ3n) is 10.7. The van der Waals surface area contributed by atoms with Crippen LogP contribution < -0.4 is 0 Å². The van der Waals surface area contributed by atoms with E-state index < -0.39 is 26.1 Å². The van der Waals surface area contributed by atoms with E-state index in [1.165, 1.54) is 0 Å². The predicted octanol–water partition coefficient (Wildman–Crippen LogP) is 10.7. The Morgan fingerprint density at radius 2 is 0.431 bits per heavy atom. The van der Waals surface area contributed by atoms with Crippen LogP contribution in [0.25, 0.3) is 0 Å². The van der Waals surface area contributed by atoms with Crippen LogP contribution >= 0.6 is 8.60 Å². The zero-order valence-electron chi connectivity index (χ0n) is 41.7. The van der Waals surface area contributed by atoms with Crippen molar-refractivity contribution in [3.05, 3.63) is 0 Å². The Kier molecular flexibility index (Phi) is 23.6. The maximum Gasteiger partial charge on any atom is 0.341 e. The molecule has 0 N–H and O–H groups in total. The van der Waals surface area contributed by atoms with Crippen LogP contribution in [0.1, 0.15) is 185 Å². The summed E-state index contributed by atoms with van der Waals surface area (Å²) in [7, 11) is -2.55. The molecule has 0 aliphatic heterocycles. The first-order valence-corrected chi connectivity index (χ1v) is 23.3. The van der Waals surface area contributed by atoms with Crippen LogP contribution in [0.2, 0.25) is 0 Å². The molecule has 0 spiro atoms. The van der Waals surface area contributed by atoms with Gasteiger partial charge in [0.15, 0.2) is 0 Å². The molecule has 0 unspecified atom stereocenters. The standard InChI is InChI=1S/C45H90N9O3P/c1-31(2)49(32(3)4)43(25-28-46,50(33(5)6)34(7)8)55-58(56-44(26-29-47,51(35(9)10)36(11)12)52(37(13)14)38(15)16)57-45(27-30-48,53(39(17)18)40(19)20)54(41(21)22)42(23)24/h31-42H,25-27H2,1-24H3. The molecule has 12 nitrogen and oxygen atoms in total. The fourth-order valence-corrected chi connectivity index (χ4v) is 12.1. The van der Waals surface area contributed by atoms with E-state index in [2.05, 4.69) is 214 Å². The fraction of sp³-hybridized carbons (Fsp3) is 0.933. The Morgan fingerprint density at radius 3 is 0.517 bits per heavy atom. The lowest BCUT2D eigenvalue weighted by Gasteiger charge is -2.60. The van der Waals surface area contributed by atoms with Crippen molar-refractivity contribution in [2.45, 2.75) is 275 Å². The second kappa shape index (κ2) is 24.2. The molecule has 0 aromatic heterocycles. The first-order valence-electron chi connectivity index (χ1n) is 22.2. The highest BCUT2D eigenvalue weighted by molar-refractivity contribution is 7.41. The number of nitriles is 3. The molecule has 0 saturated carbocycles. The minimum absolute atomic E-state index is 0.0198. The van der Waals surface area contributed by atoms with Gasteiger partial charge in [0.25, 0.3) is 0 Å². The van der Waals surface area contributed by atoms with Gasteiger partial charge in [-0.2, -0.15) is 15.8 Å². The molecule has 0 saturated heterocycles. The van der Waals surface area contributed by atoms with Crippen LogP contribution in [-0.2, 0) is 13.6 Å². The van der Waals surface area contributed by atoms with Gasteiger partial charge in [0, 0.05) is 72.5 Å². The highest BCUT2D eigenvalue weighted by Crippen LogP contribution is 2.58. The second-order valence-corrected chi connectivity index (χ2v) is 20.3. The van der Waals surface area contributed by atoms with Gasteiger partial charge >= 0.3 is 8.60 Å². The Bertz CT molecular complexity index is 1050. The van der Waals surface area contributed by atoms with Crippen LogP contribution in [0.4, 0.5) is 0 Å². The molecular formula is C45H90N9O3P. The topological polar surface area (TPSA) is 118 Å². The van der Waals surface area contributed by atoms with E-state index >= 15 is 0 Å². The third-order valence-corrected chi connectivity index (χ3v) is 12.0. The molecule has 58 heavy (non-hydrogen) atoms. The second-order valence-electron chi connectivity index (χ2n) is 19.3. The molecule has 0 radical (unpaired) electrons. The molecule has 0 fully saturated rings. The molecule has 13 heteroatoms. The highest BCUT2D eigenvalue weighted by Gasteiger charge is 2.59. The van der Waals surface area contributed by atoms with Crippen LogP contribution in [0.3, 0.4) is 0 Å². The van der Waals surface area contributed by atoms with Gasteiger partial charge in [0.05, 0.1) is 37.5 Å². The summed E-state index contributed by atoms with van der Waals surface area (Å²) >= 11 is 0. The number of rotatable bonds is 27. The molecule has 0 atom stereocenters. The van der Waals surface area contributed by atoms with Gasteiger partial charge in [-0.15, -0.1) is 0 Å². The SMILES string of the molecule is CC(C)N(C(C)C)C(CC#N)(OP(OC(CC#N)(N(C(C)C)C(C)C)N(C(C)C)C(C)C)OC(CC#N)(N(C(C)C)C(C)C)N(C(C)C)C(C)C)N(C(C)C)C(C)C. The largest absolute Gasteiger partial charge is 0.341 e. The van der Waals surface area contributed by atoms with Crippen molar-refractivity contribution in [2.75, 3.05) is 0 Å². The van der Waals surface area contributed by atoms with E-state index in [-0.39, 0.29) is 91.8 Å². The van der Waals surface area contributed by atoms with Gasteiger partial charge in [0.1, 0.15) is 0 Å². The monoisotopic (exact) mass is 836 g/mol. The Morgan fingerprint density at radius 1 is 0.310 bits per heavy atom. The zero-order chi connectivity index (χ0) is 45.8. The van der Waals surface area contributed by atoms with Crippen LogP contribution in [-0.4, -0.2) is 119 Å². The van der Waals surface area contributed by atoms with Crippen LogP contribution in [0.5, 0.6) is 0 Å². The molecule has 0 heterocycles. The lowest BCUT2D eigenvalue weighted by Crippen LogP contribution is -2.71. The summed E-state index contributed by atoms with van der Waals surface area (Å²) in [6, 6.07) is 6.92. The first kappa shape index (κ1) is 56.5. The highest BCUT2D eigenvalue weighted by atomic mass is 31.2. The molecule has 0 aromatic carbocycles. The van der Waals surface area contributed by atoms with Crippen molar-refractivity contribution >= 4 is 8.60 Å². The predicted molar refractivity (Wildman–Crippen MR) is 242 cm³/mol. The van der Waals surface area contributed by atoms with Crippen molar-refractivity contribution in [2.24, 2.45) is 0 Å². The summed E-state index contributed by atoms with van der Waals surface area (Å²) in [5.41, 5.74) is 0. The van der Waals surface area contributed by atoms with Crippen LogP contribution in [0, 0.1) is 34.0 Å².